The fourth-order valence-corrected chi connectivity index (χ4v) is 1.50. The van der Waals surface area contributed by atoms with Crippen molar-refractivity contribution in [2.24, 2.45) is 0 Å². The lowest BCUT2D eigenvalue weighted by molar-refractivity contribution is -0.384. The van der Waals surface area contributed by atoms with Crippen molar-refractivity contribution in [3.05, 3.63) is 33.1 Å². The van der Waals surface area contributed by atoms with Crippen LogP contribution in [0.5, 0.6) is 0 Å². The summed E-state index contributed by atoms with van der Waals surface area (Å²) in [5, 5.41) is 12.7. The van der Waals surface area contributed by atoms with Gasteiger partial charge in [-0.25, -0.2) is 4.39 Å². The minimum atomic E-state index is -4.29. The van der Waals surface area contributed by atoms with E-state index < -0.39 is 34.0 Å². The van der Waals surface area contributed by atoms with E-state index in [1.807, 2.05) is 0 Å². The molecule has 0 spiro atoms. The Bertz CT molecular complexity index is 479. The fourth-order valence-electron chi connectivity index (χ4n) is 1.34. The van der Waals surface area contributed by atoms with Gasteiger partial charge in [-0.15, -0.1) is 0 Å². The maximum Gasteiger partial charge on any atom is 0.389 e. The largest absolute Gasteiger partial charge is 0.389 e. The molecule has 0 aliphatic rings. The number of nitro benzene ring substituents is 1. The Labute approximate surface area is 110 Å². The van der Waals surface area contributed by atoms with Crippen molar-refractivity contribution in [2.45, 2.75) is 19.0 Å². The molecular formula is C10H9ClF4N2O2. The predicted octanol–water partition coefficient (Wildman–Crippen LogP) is 4.14. The Hall–Kier alpha value is -1.57. The molecule has 0 fully saturated rings. The van der Waals surface area contributed by atoms with Crippen molar-refractivity contribution in [2.75, 3.05) is 11.9 Å². The van der Waals surface area contributed by atoms with Crippen LogP contribution in [0.4, 0.5) is 28.9 Å². The Morgan fingerprint density at radius 1 is 1.37 bits per heavy atom. The molecule has 0 radical (unpaired) electrons. The molecule has 19 heavy (non-hydrogen) atoms. The number of nitro groups is 1. The Balaban J connectivity index is 2.72. The molecule has 0 heterocycles. The second-order valence-corrected chi connectivity index (χ2v) is 4.09. The summed E-state index contributed by atoms with van der Waals surface area (Å²) in [5.74, 6) is -0.884. The van der Waals surface area contributed by atoms with Gasteiger partial charge in [0.15, 0.2) is 0 Å². The first kappa shape index (κ1) is 15.5. The summed E-state index contributed by atoms with van der Waals surface area (Å²) in [5.41, 5.74) is -0.688. The third-order valence-electron chi connectivity index (χ3n) is 2.19. The summed E-state index contributed by atoms with van der Waals surface area (Å²) >= 11 is 5.40. The number of halogens is 5. The first-order valence-electron chi connectivity index (χ1n) is 5.15. The minimum Gasteiger partial charge on any atom is -0.379 e. The van der Waals surface area contributed by atoms with E-state index in [-0.39, 0.29) is 18.7 Å². The van der Waals surface area contributed by atoms with Crippen LogP contribution in [0, 0.1) is 15.9 Å². The molecule has 4 nitrogen and oxygen atoms in total. The number of alkyl halides is 3. The number of anilines is 1. The van der Waals surface area contributed by atoms with Gasteiger partial charge in [-0.2, -0.15) is 13.2 Å². The fraction of sp³-hybridized carbons (Fsp3) is 0.400. The second kappa shape index (κ2) is 6.05. The van der Waals surface area contributed by atoms with Crippen LogP contribution in [-0.4, -0.2) is 17.6 Å². The SMILES string of the molecule is O=[N+]([O-])c1cc(Cl)c(F)cc1NCCCC(F)(F)F. The van der Waals surface area contributed by atoms with Crippen molar-refractivity contribution in [3.63, 3.8) is 0 Å². The summed E-state index contributed by atoms with van der Waals surface area (Å²) in [6, 6.07) is 1.59. The van der Waals surface area contributed by atoms with Crippen LogP contribution in [0.2, 0.25) is 5.02 Å². The van der Waals surface area contributed by atoms with E-state index in [2.05, 4.69) is 5.32 Å². The molecule has 0 unspecified atom stereocenters. The Morgan fingerprint density at radius 2 is 2.00 bits per heavy atom. The van der Waals surface area contributed by atoms with Gasteiger partial charge in [-0.3, -0.25) is 10.1 Å². The van der Waals surface area contributed by atoms with Gasteiger partial charge in [0.1, 0.15) is 11.5 Å². The molecule has 0 atom stereocenters. The van der Waals surface area contributed by atoms with Crippen molar-refractivity contribution >= 4 is 23.0 Å². The molecule has 1 aromatic rings. The van der Waals surface area contributed by atoms with Gasteiger partial charge in [0.25, 0.3) is 5.69 Å². The summed E-state index contributed by atoms with van der Waals surface area (Å²) < 4.78 is 48.8. The summed E-state index contributed by atoms with van der Waals surface area (Å²) in [6.07, 6.45) is -5.59. The van der Waals surface area contributed by atoms with Crippen LogP contribution < -0.4 is 5.32 Å². The zero-order valence-electron chi connectivity index (χ0n) is 9.43. The number of hydrogen-bond acceptors (Lipinski definition) is 3. The van der Waals surface area contributed by atoms with Crippen molar-refractivity contribution in [3.8, 4) is 0 Å². The third kappa shape index (κ3) is 4.90. The van der Waals surface area contributed by atoms with Crippen LogP contribution >= 0.6 is 11.6 Å². The van der Waals surface area contributed by atoms with E-state index >= 15 is 0 Å². The molecule has 1 aromatic carbocycles. The number of hydrogen-bond donors (Lipinski definition) is 1. The quantitative estimate of drug-likeness (QED) is 0.385. The zero-order chi connectivity index (χ0) is 14.6. The molecule has 0 aromatic heterocycles. The number of nitrogens with zero attached hydrogens (tertiary/aromatic N) is 1. The monoisotopic (exact) mass is 300 g/mol. The molecule has 106 valence electrons. The number of benzene rings is 1. The van der Waals surface area contributed by atoms with Crippen molar-refractivity contribution in [1.82, 2.24) is 0 Å². The minimum absolute atomic E-state index is 0.165. The van der Waals surface area contributed by atoms with E-state index in [9.17, 15) is 27.7 Å². The molecule has 0 saturated heterocycles. The lowest BCUT2D eigenvalue weighted by Crippen LogP contribution is -2.11. The maximum atomic E-state index is 13.1. The highest BCUT2D eigenvalue weighted by Crippen LogP contribution is 2.30. The highest BCUT2D eigenvalue weighted by atomic mass is 35.5. The van der Waals surface area contributed by atoms with Gasteiger partial charge >= 0.3 is 6.18 Å². The van der Waals surface area contributed by atoms with E-state index in [1.165, 1.54) is 0 Å². The molecule has 9 heteroatoms. The lowest BCUT2D eigenvalue weighted by atomic mass is 10.2. The molecule has 0 amide bonds. The molecule has 0 aliphatic heterocycles. The molecular weight excluding hydrogens is 292 g/mol. The van der Waals surface area contributed by atoms with Crippen molar-refractivity contribution < 1.29 is 22.5 Å². The first-order chi connectivity index (χ1) is 8.70. The Morgan fingerprint density at radius 3 is 2.53 bits per heavy atom. The highest BCUT2D eigenvalue weighted by molar-refractivity contribution is 6.31. The Kier molecular flexibility index (Phi) is 4.93. The predicted molar refractivity (Wildman–Crippen MR) is 61.8 cm³/mol. The zero-order valence-corrected chi connectivity index (χ0v) is 10.2. The highest BCUT2D eigenvalue weighted by Gasteiger charge is 2.26. The van der Waals surface area contributed by atoms with E-state index in [1.54, 1.807) is 0 Å². The smallest absolute Gasteiger partial charge is 0.379 e. The van der Waals surface area contributed by atoms with Gasteiger partial charge in [-0.1, -0.05) is 11.6 Å². The van der Waals surface area contributed by atoms with Gasteiger partial charge in [0.2, 0.25) is 0 Å². The summed E-state index contributed by atoms with van der Waals surface area (Å²) in [4.78, 5) is 9.89. The van der Waals surface area contributed by atoms with Gasteiger partial charge in [0.05, 0.1) is 9.95 Å². The molecule has 1 rings (SSSR count). The molecule has 1 N–H and O–H groups in total. The van der Waals surface area contributed by atoms with Gasteiger partial charge in [-0.05, 0) is 6.42 Å². The standard InChI is InChI=1S/C10H9ClF4N2O2/c11-6-4-9(17(18)19)8(5-7(6)12)16-3-1-2-10(13,14)15/h4-5,16H,1-3H2. The van der Waals surface area contributed by atoms with E-state index in [0.717, 1.165) is 12.1 Å². The maximum absolute atomic E-state index is 13.1. The van der Waals surface area contributed by atoms with Crippen LogP contribution in [0.3, 0.4) is 0 Å². The van der Waals surface area contributed by atoms with Gasteiger partial charge in [0, 0.05) is 25.1 Å². The average molecular weight is 301 g/mol. The third-order valence-corrected chi connectivity index (χ3v) is 2.48. The summed E-state index contributed by atoms with van der Waals surface area (Å²) in [7, 11) is 0. The lowest BCUT2D eigenvalue weighted by Gasteiger charge is -2.09. The average Bonchev–Trinajstić information content (AvgIpc) is 2.27. The van der Waals surface area contributed by atoms with Gasteiger partial charge < -0.3 is 5.32 Å². The van der Waals surface area contributed by atoms with Crippen LogP contribution in [0.25, 0.3) is 0 Å². The summed E-state index contributed by atoms with van der Waals surface area (Å²) in [6.45, 7) is -0.165. The molecule has 0 saturated carbocycles. The second-order valence-electron chi connectivity index (χ2n) is 3.69. The van der Waals surface area contributed by atoms with Crippen LogP contribution in [-0.2, 0) is 0 Å². The van der Waals surface area contributed by atoms with E-state index in [4.69, 9.17) is 11.6 Å². The normalized spacial score (nSPS) is 11.4. The first-order valence-corrected chi connectivity index (χ1v) is 5.52. The molecule has 0 aliphatic carbocycles. The van der Waals surface area contributed by atoms with E-state index in [0.29, 0.717) is 0 Å². The number of nitrogens with one attached hydrogen (secondary N) is 1. The van der Waals surface area contributed by atoms with Crippen molar-refractivity contribution in [1.29, 1.82) is 0 Å². The number of rotatable bonds is 5. The van der Waals surface area contributed by atoms with Crippen LogP contribution in [0.1, 0.15) is 12.8 Å². The van der Waals surface area contributed by atoms with Crippen LogP contribution in [0.15, 0.2) is 12.1 Å². The topological polar surface area (TPSA) is 55.2 Å². The molecule has 0 bridgehead atoms.